The van der Waals surface area contributed by atoms with E-state index >= 15 is 0 Å². The van der Waals surface area contributed by atoms with Crippen molar-refractivity contribution in [2.75, 3.05) is 32.7 Å². The highest BCUT2D eigenvalue weighted by Crippen LogP contribution is 2.35. The molecule has 11 heteroatoms. The summed E-state index contributed by atoms with van der Waals surface area (Å²) >= 11 is 5.86. The summed E-state index contributed by atoms with van der Waals surface area (Å²) < 4.78 is 40.4. The molecule has 0 aromatic heterocycles. The molecular weight excluding hydrogens is 531 g/mol. The predicted molar refractivity (Wildman–Crippen MR) is 147 cm³/mol. The Hall–Kier alpha value is -1.75. The minimum atomic E-state index is -3.86. The first-order valence-electron chi connectivity index (χ1n) is 13.8. The van der Waals surface area contributed by atoms with Gasteiger partial charge in [-0.1, -0.05) is 44.7 Å². The average molecular weight is 573 g/mol. The van der Waals surface area contributed by atoms with Gasteiger partial charge in [-0.2, -0.15) is 0 Å². The van der Waals surface area contributed by atoms with Crippen molar-refractivity contribution in [3.05, 3.63) is 29.0 Å². The topological polar surface area (TPSA) is 108 Å². The molecule has 0 bridgehead atoms. The second-order valence-corrected chi connectivity index (χ2v) is 13.2. The molecule has 1 aliphatic heterocycles. The molecule has 38 heavy (non-hydrogen) atoms. The first kappa shape index (κ1) is 30.8. The van der Waals surface area contributed by atoms with Crippen LogP contribution in [0.25, 0.3) is 0 Å². The van der Waals surface area contributed by atoms with E-state index in [-0.39, 0.29) is 34.2 Å². The fourth-order valence-electron chi connectivity index (χ4n) is 5.53. The molecular formula is C27H42ClFN4O4S. The van der Waals surface area contributed by atoms with Gasteiger partial charge in [-0.05, 0) is 74.6 Å². The molecule has 1 aliphatic carbocycles. The Balaban J connectivity index is 1.38. The van der Waals surface area contributed by atoms with Gasteiger partial charge in [0, 0.05) is 19.6 Å². The number of piperidine rings is 1. The largest absolute Gasteiger partial charge is 0.354 e. The van der Waals surface area contributed by atoms with Crippen LogP contribution in [0.5, 0.6) is 0 Å². The number of hydrogen-bond acceptors (Lipinski definition) is 5. The second kappa shape index (κ2) is 14.6. The third-order valence-corrected chi connectivity index (χ3v) is 9.42. The van der Waals surface area contributed by atoms with E-state index in [0.717, 1.165) is 43.6 Å². The molecule has 2 amide bonds. The molecule has 2 fully saturated rings. The highest BCUT2D eigenvalue weighted by Gasteiger charge is 2.32. The zero-order valence-electron chi connectivity index (χ0n) is 22.5. The monoisotopic (exact) mass is 572 g/mol. The highest BCUT2D eigenvalue weighted by atomic mass is 35.5. The maximum atomic E-state index is 13.2. The van der Waals surface area contributed by atoms with E-state index in [1.807, 2.05) is 13.8 Å². The van der Waals surface area contributed by atoms with E-state index in [4.69, 9.17) is 11.6 Å². The summed E-state index contributed by atoms with van der Waals surface area (Å²) in [5.74, 6) is 0.777. The van der Waals surface area contributed by atoms with Crippen LogP contribution in [-0.2, 0) is 19.6 Å². The molecule has 1 aromatic carbocycles. The molecule has 1 heterocycles. The first-order chi connectivity index (χ1) is 18.0. The lowest BCUT2D eigenvalue weighted by atomic mass is 9.75. The van der Waals surface area contributed by atoms with Crippen molar-refractivity contribution in [3.63, 3.8) is 0 Å². The number of halogens is 2. The molecule has 214 valence electrons. The van der Waals surface area contributed by atoms with Gasteiger partial charge in [-0.25, -0.2) is 17.5 Å². The van der Waals surface area contributed by atoms with Gasteiger partial charge in [-0.15, -0.1) is 0 Å². The molecule has 1 aromatic rings. The van der Waals surface area contributed by atoms with E-state index in [0.29, 0.717) is 38.3 Å². The third kappa shape index (κ3) is 9.47. The predicted octanol–water partition coefficient (Wildman–Crippen LogP) is 3.70. The number of unbranched alkanes of at least 4 members (excludes halogenated alkanes) is 1. The number of nitrogens with one attached hydrogen (secondary N) is 3. The van der Waals surface area contributed by atoms with Gasteiger partial charge >= 0.3 is 0 Å². The quantitative estimate of drug-likeness (QED) is 0.312. The third-order valence-electron chi connectivity index (χ3n) is 7.48. The number of amides is 2. The van der Waals surface area contributed by atoms with Crippen molar-refractivity contribution in [3.8, 4) is 0 Å². The SMILES string of the molecule is CC(C)C[C@H](NC(=O)CN1CCC2CCCCC2C1)C(=O)NCCCCNS(=O)(=O)c1ccc(F)cc1Cl. The van der Waals surface area contributed by atoms with Crippen molar-refractivity contribution < 1.29 is 22.4 Å². The van der Waals surface area contributed by atoms with Crippen LogP contribution in [0.4, 0.5) is 4.39 Å². The summed E-state index contributed by atoms with van der Waals surface area (Å²) in [4.78, 5) is 27.7. The lowest BCUT2D eigenvalue weighted by molar-refractivity contribution is -0.130. The van der Waals surface area contributed by atoms with E-state index in [1.54, 1.807) is 0 Å². The van der Waals surface area contributed by atoms with Gasteiger partial charge in [0.15, 0.2) is 0 Å². The van der Waals surface area contributed by atoms with E-state index in [1.165, 1.54) is 25.7 Å². The van der Waals surface area contributed by atoms with Crippen molar-refractivity contribution in [1.82, 2.24) is 20.3 Å². The van der Waals surface area contributed by atoms with Gasteiger partial charge in [0.1, 0.15) is 16.8 Å². The van der Waals surface area contributed by atoms with Crippen LogP contribution >= 0.6 is 11.6 Å². The standard InChI is InChI=1S/C27H42ClFN4O4S/c1-19(2)15-24(32-26(34)18-33-14-11-20-7-3-4-8-21(20)17-33)27(35)30-12-5-6-13-31-38(36,37)25-10-9-22(29)16-23(25)28/h9-10,16,19-21,24,31H,3-8,11-15,17-18H2,1-2H3,(H,30,35)(H,32,34)/t20?,21?,24-/m0/s1. The van der Waals surface area contributed by atoms with Gasteiger partial charge in [-0.3, -0.25) is 14.5 Å². The van der Waals surface area contributed by atoms with Crippen LogP contribution in [0.1, 0.15) is 65.2 Å². The fraction of sp³-hybridized carbons (Fsp3) is 0.704. The zero-order valence-corrected chi connectivity index (χ0v) is 24.1. The van der Waals surface area contributed by atoms with Crippen LogP contribution in [0, 0.1) is 23.6 Å². The van der Waals surface area contributed by atoms with E-state index < -0.39 is 21.9 Å². The maximum Gasteiger partial charge on any atom is 0.242 e. The van der Waals surface area contributed by atoms with Gasteiger partial charge in [0.25, 0.3) is 0 Å². The lowest BCUT2D eigenvalue weighted by Crippen LogP contribution is -2.52. The molecule has 1 saturated heterocycles. The number of likely N-dealkylation sites (tertiary alicyclic amines) is 1. The fourth-order valence-corrected chi connectivity index (χ4v) is 7.13. The average Bonchev–Trinajstić information content (AvgIpc) is 2.85. The Kier molecular flexibility index (Phi) is 11.8. The molecule has 3 N–H and O–H groups in total. The minimum Gasteiger partial charge on any atom is -0.354 e. The normalized spacial score (nSPS) is 21.1. The summed E-state index contributed by atoms with van der Waals surface area (Å²) in [7, 11) is -3.86. The zero-order chi connectivity index (χ0) is 27.7. The van der Waals surface area contributed by atoms with Gasteiger partial charge in [0.05, 0.1) is 11.6 Å². The Morgan fingerprint density at radius 1 is 1.11 bits per heavy atom. The number of carbonyl (C=O) groups excluding carboxylic acids is 2. The molecule has 2 unspecified atom stereocenters. The Labute approximate surface area is 231 Å². The lowest BCUT2D eigenvalue weighted by Gasteiger charge is -2.41. The van der Waals surface area contributed by atoms with Crippen molar-refractivity contribution in [1.29, 1.82) is 0 Å². The number of fused-ring (bicyclic) bond motifs is 1. The second-order valence-electron chi connectivity index (χ2n) is 11.0. The minimum absolute atomic E-state index is 0.117. The van der Waals surface area contributed by atoms with Crippen LogP contribution in [0.3, 0.4) is 0 Å². The van der Waals surface area contributed by atoms with Gasteiger partial charge < -0.3 is 10.6 Å². The van der Waals surface area contributed by atoms with Gasteiger partial charge in [0.2, 0.25) is 21.8 Å². The Bertz CT molecular complexity index is 1060. The van der Waals surface area contributed by atoms with Crippen molar-refractivity contribution >= 4 is 33.4 Å². The highest BCUT2D eigenvalue weighted by molar-refractivity contribution is 7.89. The number of rotatable bonds is 13. The van der Waals surface area contributed by atoms with Crippen LogP contribution in [0.15, 0.2) is 23.1 Å². The number of benzene rings is 1. The summed E-state index contributed by atoms with van der Waals surface area (Å²) in [5.41, 5.74) is 0. The summed E-state index contributed by atoms with van der Waals surface area (Å²) in [6, 6.07) is 2.52. The number of nitrogens with zero attached hydrogens (tertiary/aromatic N) is 1. The molecule has 8 nitrogen and oxygen atoms in total. The van der Waals surface area contributed by atoms with Crippen LogP contribution in [0.2, 0.25) is 5.02 Å². The van der Waals surface area contributed by atoms with E-state index in [2.05, 4.69) is 20.3 Å². The maximum absolute atomic E-state index is 13.2. The molecule has 3 rings (SSSR count). The molecule has 1 saturated carbocycles. The Morgan fingerprint density at radius 3 is 2.53 bits per heavy atom. The van der Waals surface area contributed by atoms with Crippen molar-refractivity contribution in [2.24, 2.45) is 17.8 Å². The van der Waals surface area contributed by atoms with Crippen LogP contribution < -0.4 is 15.4 Å². The Morgan fingerprint density at radius 2 is 1.82 bits per heavy atom. The van der Waals surface area contributed by atoms with Crippen molar-refractivity contribution in [2.45, 2.75) is 76.2 Å². The molecule has 3 atom stereocenters. The molecule has 0 spiro atoms. The summed E-state index contributed by atoms with van der Waals surface area (Å²) in [6.07, 6.45) is 7.90. The molecule has 0 radical (unpaired) electrons. The summed E-state index contributed by atoms with van der Waals surface area (Å²) in [6.45, 7) is 6.76. The smallest absolute Gasteiger partial charge is 0.242 e. The molecule has 2 aliphatic rings. The number of sulfonamides is 1. The number of hydrogen-bond donors (Lipinski definition) is 3. The van der Waals surface area contributed by atoms with E-state index in [9.17, 15) is 22.4 Å². The summed E-state index contributed by atoms with van der Waals surface area (Å²) in [5, 5.41) is 5.64. The van der Waals surface area contributed by atoms with Crippen LogP contribution in [-0.4, -0.2) is 63.9 Å². The first-order valence-corrected chi connectivity index (χ1v) is 15.7. The number of carbonyl (C=O) groups is 2.